The average molecular weight is 343 g/mol. The first kappa shape index (κ1) is 13.1. The summed E-state index contributed by atoms with van der Waals surface area (Å²) in [5, 5.41) is 2.91. The largest absolute Gasteiger partial charge is 0.356 e. The van der Waals surface area contributed by atoms with Gasteiger partial charge in [-0.15, -0.1) is 11.3 Å². The minimum atomic E-state index is 0.101. The van der Waals surface area contributed by atoms with E-state index in [2.05, 4.69) is 21.2 Å². The summed E-state index contributed by atoms with van der Waals surface area (Å²) in [6, 6.07) is 3.77. The molecule has 2 saturated heterocycles. The zero-order valence-electron chi connectivity index (χ0n) is 10.4. The fourth-order valence-electron chi connectivity index (χ4n) is 2.87. The zero-order chi connectivity index (χ0) is 13.5. The summed E-state index contributed by atoms with van der Waals surface area (Å²) < 4.78 is 0.981. The molecular weight excluding hydrogens is 328 g/mol. The third-order valence-corrected chi connectivity index (χ3v) is 5.70. The Morgan fingerprint density at radius 1 is 1.37 bits per heavy atom. The molecule has 0 aromatic carbocycles. The lowest BCUT2D eigenvalue weighted by molar-refractivity contribution is -0.119. The smallest absolute Gasteiger partial charge is 0.263 e. The van der Waals surface area contributed by atoms with Crippen LogP contribution >= 0.6 is 27.3 Å². The first-order valence-corrected chi connectivity index (χ1v) is 8.00. The van der Waals surface area contributed by atoms with Crippen molar-refractivity contribution in [1.29, 1.82) is 0 Å². The van der Waals surface area contributed by atoms with Gasteiger partial charge in [-0.25, -0.2) is 0 Å². The van der Waals surface area contributed by atoms with E-state index in [1.807, 2.05) is 17.0 Å². The maximum Gasteiger partial charge on any atom is 0.263 e. The summed E-state index contributed by atoms with van der Waals surface area (Å²) in [5.74, 6) is 0.268. The Bertz CT molecular complexity index is 520. The fourth-order valence-corrected chi connectivity index (χ4v) is 4.23. The van der Waals surface area contributed by atoms with E-state index in [4.69, 9.17) is 0 Å². The maximum atomic E-state index is 12.3. The Hall–Kier alpha value is -0.880. The van der Waals surface area contributed by atoms with Gasteiger partial charge in [0, 0.05) is 26.1 Å². The third kappa shape index (κ3) is 2.56. The number of piperidine rings is 1. The first-order chi connectivity index (χ1) is 9.08. The first-order valence-electron chi connectivity index (χ1n) is 6.39. The van der Waals surface area contributed by atoms with Crippen molar-refractivity contribution >= 4 is 39.1 Å². The van der Waals surface area contributed by atoms with Crippen molar-refractivity contribution in [2.45, 2.75) is 19.3 Å². The van der Waals surface area contributed by atoms with Gasteiger partial charge in [0.25, 0.3) is 5.91 Å². The molecule has 102 valence electrons. The lowest BCUT2D eigenvalue weighted by Gasteiger charge is -2.38. The van der Waals surface area contributed by atoms with E-state index in [0.29, 0.717) is 6.42 Å². The van der Waals surface area contributed by atoms with Gasteiger partial charge in [0.1, 0.15) is 0 Å². The number of amides is 2. The number of nitrogens with one attached hydrogen (secondary N) is 1. The molecule has 6 heteroatoms. The van der Waals surface area contributed by atoms with Crippen LogP contribution in [0.15, 0.2) is 15.9 Å². The monoisotopic (exact) mass is 342 g/mol. The molecule has 3 rings (SSSR count). The van der Waals surface area contributed by atoms with Crippen LogP contribution in [-0.4, -0.2) is 36.3 Å². The SMILES string of the molecule is O=C1CC2(CCN(C(=O)c3ccc(Br)s3)CC2)CN1. The molecule has 2 fully saturated rings. The molecule has 0 unspecified atom stereocenters. The average Bonchev–Trinajstić information content (AvgIpc) is 2.97. The van der Waals surface area contributed by atoms with E-state index >= 15 is 0 Å². The van der Waals surface area contributed by atoms with E-state index in [-0.39, 0.29) is 17.2 Å². The number of thiophene rings is 1. The number of likely N-dealkylation sites (tertiary alicyclic amines) is 1. The molecule has 4 nitrogen and oxygen atoms in total. The highest BCUT2D eigenvalue weighted by atomic mass is 79.9. The number of halogens is 1. The molecule has 2 amide bonds. The Balaban J connectivity index is 1.64. The number of nitrogens with zero attached hydrogens (tertiary/aromatic N) is 1. The summed E-state index contributed by atoms with van der Waals surface area (Å²) in [5.41, 5.74) is 0.101. The molecular formula is C13H15BrN2O2S. The van der Waals surface area contributed by atoms with Crippen molar-refractivity contribution in [3.8, 4) is 0 Å². The van der Waals surface area contributed by atoms with Crippen LogP contribution in [0, 0.1) is 5.41 Å². The molecule has 1 aromatic heterocycles. The van der Waals surface area contributed by atoms with Gasteiger partial charge in [-0.05, 0) is 46.3 Å². The van der Waals surface area contributed by atoms with Crippen molar-refractivity contribution in [3.63, 3.8) is 0 Å². The van der Waals surface area contributed by atoms with E-state index in [9.17, 15) is 9.59 Å². The quantitative estimate of drug-likeness (QED) is 0.850. The van der Waals surface area contributed by atoms with E-state index in [1.165, 1.54) is 11.3 Å². The molecule has 0 aliphatic carbocycles. The highest BCUT2D eigenvalue weighted by molar-refractivity contribution is 9.11. The van der Waals surface area contributed by atoms with Crippen molar-refractivity contribution in [2.24, 2.45) is 5.41 Å². The Morgan fingerprint density at radius 2 is 2.11 bits per heavy atom. The second-order valence-corrected chi connectivity index (χ2v) is 7.81. The standard InChI is InChI=1S/C13H15BrN2O2S/c14-10-2-1-9(19-10)12(18)16-5-3-13(4-6-16)7-11(17)15-8-13/h1-2H,3-8H2,(H,15,17). The van der Waals surface area contributed by atoms with Crippen LogP contribution in [0.2, 0.25) is 0 Å². The maximum absolute atomic E-state index is 12.3. The van der Waals surface area contributed by atoms with Gasteiger partial charge in [-0.1, -0.05) is 0 Å². The van der Waals surface area contributed by atoms with Gasteiger partial charge in [-0.2, -0.15) is 0 Å². The van der Waals surface area contributed by atoms with Gasteiger partial charge in [0.2, 0.25) is 5.91 Å². The number of hydrogen-bond acceptors (Lipinski definition) is 3. The molecule has 2 aliphatic rings. The molecule has 1 spiro atoms. The van der Waals surface area contributed by atoms with Crippen molar-refractivity contribution in [3.05, 3.63) is 20.8 Å². The highest BCUT2D eigenvalue weighted by Gasteiger charge is 2.41. The number of carbonyl (C=O) groups excluding carboxylic acids is 2. The summed E-state index contributed by atoms with van der Waals surface area (Å²) in [6.07, 6.45) is 2.47. The summed E-state index contributed by atoms with van der Waals surface area (Å²) in [6.45, 7) is 2.28. The summed E-state index contributed by atoms with van der Waals surface area (Å²) in [4.78, 5) is 26.4. The molecule has 1 N–H and O–H groups in total. The molecule has 3 heterocycles. The predicted molar refractivity (Wildman–Crippen MR) is 77.2 cm³/mol. The summed E-state index contributed by atoms with van der Waals surface area (Å²) in [7, 11) is 0. The van der Waals surface area contributed by atoms with Crippen molar-refractivity contribution < 1.29 is 9.59 Å². The summed E-state index contributed by atoms with van der Waals surface area (Å²) >= 11 is 4.85. The number of hydrogen-bond donors (Lipinski definition) is 1. The minimum absolute atomic E-state index is 0.101. The van der Waals surface area contributed by atoms with Gasteiger partial charge in [0.05, 0.1) is 8.66 Å². The third-order valence-electron chi connectivity index (χ3n) is 4.09. The number of rotatable bonds is 1. The second-order valence-electron chi connectivity index (χ2n) is 5.35. The Kier molecular flexibility index (Phi) is 3.39. The van der Waals surface area contributed by atoms with Crippen LogP contribution in [0.1, 0.15) is 28.9 Å². The molecule has 0 bridgehead atoms. The lowest BCUT2D eigenvalue weighted by atomic mass is 9.77. The van der Waals surface area contributed by atoms with Gasteiger partial charge < -0.3 is 10.2 Å². The van der Waals surface area contributed by atoms with Gasteiger partial charge in [0.15, 0.2) is 0 Å². The van der Waals surface area contributed by atoms with Crippen LogP contribution in [0.25, 0.3) is 0 Å². The van der Waals surface area contributed by atoms with Gasteiger partial charge in [-0.3, -0.25) is 9.59 Å². The normalized spacial score (nSPS) is 21.7. The molecule has 0 radical (unpaired) electrons. The minimum Gasteiger partial charge on any atom is -0.356 e. The Morgan fingerprint density at radius 3 is 2.63 bits per heavy atom. The van der Waals surface area contributed by atoms with E-state index in [0.717, 1.165) is 41.1 Å². The van der Waals surface area contributed by atoms with Crippen LogP contribution in [0.5, 0.6) is 0 Å². The molecule has 2 aliphatic heterocycles. The van der Waals surface area contributed by atoms with Crippen LogP contribution in [-0.2, 0) is 4.79 Å². The molecule has 19 heavy (non-hydrogen) atoms. The van der Waals surface area contributed by atoms with E-state index in [1.54, 1.807) is 0 Å². The van der Waals surface area contributed by atoms with Crippen LogP contribution in [0.3, 0.4) is 0 Å². The molecule has 0 saturated carbocycles. The van der Waals surface area contributed by atoms with Crippen molar-refractivity contribution in [2.75, 3.05) is 19.6 Å². The van der Waals surface area contributed by atoms with Gasteiger partial charge >= 0.3 is 0 Å². The van der Waals surface area contributed by atoms with Crippen LogP contribution < -0.4 is 5.32 Å². The van der Waals surface area contributed by atoms with Crippen LogP contribution in [0.4, 0.5) is 0 Å². The highest BCUT2D eigenvalue weighted by Crippen LogP contribution is 2.38. The topological polar surface area (TPSA) is 49.4 Å². The molecule has 0 atom stereocenters. The second kappa shape index (κ2) is 4.90. The number of carbonyl (C=O) groups is 2. The molecule has 1 aromatic rings. The Labute approximate surface area is 124 Å². The van der Waals surface area contributed by atoms with E-state index < -0.39 is 0 Å². The van der Waals surface area contributed by atoms with Crippen molar-refractivity contribution in [1.82, 2.24) is 10.2 Å². The predicted octanol–water partition coefficient (Wildman–Crippen LogP) is 2.25. The fraction of sp³-hybridized carbons (Fsp3) is 0.538. The lowest BCUT2D eigenvalue weighted by Crippen LogP contribution is -2.43. The zero-order valence-corrected chi connectivity index (χ0v) is 12.8.